The van der Waals surface area contributed by atoms with Crippen molar-refractivity contribution in [3.05, 3.63) is 28.0 Å². The summed E-state index contributed by atoms with van der Waals surface area (Å²) in [4.78, 5) is 13.4. The van der Waals surface area contributed by atoms with E-state index in [9.17, 15) is 17.6 Å². The van der Waals surface area contributed by atoms with E-state index in [-0.39, 0.29) is 14.9 Å². The average Bonchev–Trinajstić information content (AvgIpc) is 2.35. The Morgan fingerprint density at radius 1 is 1.43 bits per heavy atom. The Bertz CT molecular complexity index is 676. The molecule has 0 heterocycles. The van der Waals surface area contributed by atoms with E-state index in [4.69, 9.17) is 10.7 Å². The first-order valence-electron chi connectivity index (χ1n) is 6.13. The van der Waals surface area contributed by atoms with Gasteiger partial charge in [0, 0.05) is 27.7 Å². The van der Waals surface area contributed by atoms with Gasteiger partial charge in [0.1, 0.15) is 5.82 Å². The predicted molar refractivity (Wildman–Crippen MR) is 83.6 cm³/mol. The summed E-state index contributed by atoms with van der Waals surface area (Å²) in [7, 11) is 2.74. The van der Waals surface area contributed by atoms with E-state index >= 15 is 0 Å². The summed E-state index contributed by atoms with van der Waals surface area (Å²) in [6, 6.07) is 1.88. The number of hydrogen-bond donors (Lipinski definition) is 0. The van der Waals surface area contributed by atoms with Gasteiger partial charge in [0.2, 0.25) is 0 Å². The van der Waals surface area contributed by atoms with Crippen LogP contribution in [0.2, 0.25) is 0 Å². The third kappa shape index (κ3) is 3.96. The Kier molecular flexibility index (Phi) is 5.45. The van der Waals surface area contributed by atoms with Gasteiger partial charge in [-0.05, 0) is 48.3 Å². The van der Waals surface area contributed by atoms with Gasteiger partial charge in [-0.15, -0.1) is 0 Å². The lowest BCUT2D eigenvalue weighted by Crippen LogP contribution is -2.44. The average molecular weight is 401 g/mol. The molecule has 0 aliphatic carbocycles. The van der Waals surface area contributed by atoms with Gasteiger partial charge >= 0.3 is 0 Å². The fourth-order valence-electron chi connectivity index (χ4n) is 1.57. The SMILES string of the molecule is CCC(C)(C)N(C)C(=O)c1cc(S(=O)(=O)Cl)c(Br)cc1F. The van der Waals surface area contributed by atoms with E-state index in [1.165, 1.54) is 4.90 Å². The zero-order chi connectivity index (χ0) is 16.6. The molecule has 21 heavy (non-hydrogen) atoms. The maximum atomic E-state index is 14.0. The summed E-state index contributed by atoms with van der Waals surface area (Å²) in [5, 5.41) is 0. The fraction of sp³-hybridized carbons (Fsp3) is 0.462. The van der Waals surface area contributed by atoms with Crippen LogP contribution < -0.4 is 0 Å². The van der Waals surface area contributed by atoms with Gasteiger partial charge in [-0.1, -0.05) is 6.92 Å². The lowest BCUT2D eigenvalue weighted by molar-refractivity contribution is 0.0615. The van der Waals surface area contributed by atoms with Crippen LogP contribution in [0.25, 0.3) is 0 Å². The molecular formula is C13H16BrClFNO3S. The summed E-state index contributed by atoms with van der Waals surface area (Å²) in [5.41, 5.74) is -0.821. The minimum Gasteiger partial charge on any atom is -0.337 e. The summed E-state index contributed by atoms with van der Waals surface area (Å²) in [5.74, 6) is -1.41. The van der Waals surface area contributed by atoms with Gasteiger partial charge in [0.05, 0.1) is 10.5 Å². The van der Waals surface area contributed by atoms with Crippen molar-refractivity contribution >= 4 is 41.6 Å². The number of amides is 1. The van der Waals surface area contributed by atoms with Crippen LogP contribution in [-0.2, 0) is 9.05 Å². The molecule has 1 aromatic carbocycles. The van der Waals surface area contributed by atoms with Gasteiger partial charge < -0.3 is 4.90 Å². The molecule has 0 unspecified atom stereocenters. The monoisotopic (exact) mass is 399 g/mol. The Morgan fingerprint density at radius 2 is 1.95 bits per heavy atom. The molecule has 0 aromatic heterocycles. The van der Waals surface area contributed by atoms with Crippen molar-refractivity contribution in [3.8, 4) is 0 Å². The Hall–Kier alpha value is -0.660. The number of benzene rings is 1. The molecule has 0 saturated carbocycles. The van der Waals surface area contributed by atoms with Crippen molar-refractivity contribution in [1.29, 1.82) is 0 Å². The molecule has 0 bridgehead atoms. The number of halogens is 3. The molecule has 0 radical (unpaired) electrons. The largest absolute Gasteiger partial charge is 0.337 e. The number of hydrogen-bond acceptors (Lipinski definition) is 3. The molecule has 0 aliphatic heterocycles. The van der Waals surface area contributed by atoms with Crippen LogP contribution in [0.15, 0.2) is 21.5 Å². The number of carbonyl (C=O) groups excluding carboxylic acids is 1. The lowest BCUT2D eigenvalue weighted by atomic mass is 9.99. The Morgan fingerprint density at radius 3 is 2.38 bits per heavy atom. The van der Waals surface area contributed by atoms with E-state index in [2.05, 4.69) is 15.9 Å². The van der Waals surface area contributed by atoms with Crippen molar-refractivity contribution in [2.75, 3.05) is 7.05 Å². The highest BCUT2D eigenvalue weighted by molar-refractivity contribution is 9.10. The zero-order valence-corrected chi connectivity index (χ0v) is 15.2. The molecule has 4 nitrogen and oxygen atoms in total. The summed E-state index contributed by atoms with van der Waals surface area (Å²) in [6.45, 7) is 5.57. The molecule has 1 amide bonds. The van der Waals surface area contributed by atoms with Gasteiger partial charge in [-0.3, -0.25) is 4.79 Å². The van der Waals surface area contributed by atoms with E-state index in [1.807, 2.05) is 20.8 Å². The van der Waals surface area contributed by atoms with Crippen molar-refractivity contribution in [1.82, 2.24) is 4.90 Å². The van der Waals surface area contributed by atoms with Crippen molar-refractivity contribution in [2.45, 2.75) is 37.6 Å². The van der Waals surface area contributed by atoms with Crippen LogP contribution in [0.5, 0.6) is 0 Å². The molecule has 0 spiro atoms. The first-order chi connectivity index (χ1) is 9.41. The first-order valence-corrected chi connectivity index (χ1v) is 9.24. The second-order valence-corrected chi connectivity index (χ2v) is 8.62. The molecule has 0 saturated heterocycles. The van der Waals surface area contributed by atoms with Crippen molar-refractivity contribution in [2.24, 2.45) is 0 Å². The molecule has 0 N–H and O–H groups in total. The fourth-order valence-corrected chi connectivity index (χ4v) is 3.74. The van der Waals surface area contributed by atoms with E-state index < -0.39 is 26.3 Å². The van der Waals surface area contributed by atoms with Crippen LogP contribution in [0.1, 0.15) is 37.6 Å². The standard InChI is InChI=1S/C13H16BrClFNO3S/c1-5-13(2,3)17(4)12(18)8-6-11(21(15,19)20)9(14)7-10(8)16/h6-7H,5H2,1-4H3. The predicted octanol–water partition coefficient (Wildman–Crippen LogP) is 3.78. The second-order valence-electron chi connectivity index (χ2n) is 5.23. The Labute approximate surface area is 136 Å². The van der Waals surface area contributed by atoms with Crippen LogP contribution in [0.3, 0.4) is 0 Å². The van der Waals surface area contributed by atoms with Crippen LogP contribution in [0, 0.1) is 5.82 Å². The van der Waals surface area contributed by atoms with Crippen molar-refractivity contribution < 1.29 is 17.6 Å². The number of rotatable bonds is 4. The van der Waals surface area contributed by atoms with Crippen LogP contribution >= 0.6 is 26.6 Å². The topological polar surface area (TPSA) is 54.5 Å². The van der Waals surface area contributed by atoms with E-state index in [0.29, 0.717) is 6.42 Å². The molecule has 1 aromatic rings. The van der Waals surface area contributed by atoms with Gasteiger partial charge in [-0.25, -0.2) is 12.8 Å². The minimum absolute atomic E-state index is 0.0241. The highest BCUT2D eigenvalue weighted by Gasteiger charge is 2.29. The highest BCUT2D eigenvalue weighted by atomic mass is 79.9. The zero-order valence-electron chi connectivity index (χ0n) is 12.1. The quantitative estimate of drug-likeness (QED) is 0.723. The molecule has 0 aliphatic rings. The third-order valence-corrected chi connectivity index (χ3v) is 5.87. The van der Waals surface area contributed by atoms with Gasteiger partial charge in [0.15, 0.2) is 0 Å². The smallest absolute Gasteiger partial charge is 0.262 e. The lowest BCUT2D eigenvalue weighted by Gasteiger charge is -2.35. The summed E-state index contributed by atoms with van der Waals surface area (Å²) >= 11 is 2.93. The number of carbonyl (C=O) groups is 1. The van der Waals surface area contributed by atoms with Crippen LogP contribution in [0.4, 0.5) is 4.39 Å². The molecular weight excluding hydrogens is 385 g/mol. The van der Waals surface area contributed by atoms with Gasteiger partial charge in [0.25, 0.3) is 15.0 Å². The number of nitrogens with zero attached hydrogens (tertiary/aromatic N) is 1. The summed E-state index contributed by atoms with van der Waals surface area (Å²) < 4.78 is 36.9. The maximum Gasteiger partial charge on any atom is 0.262 e. The highest BCUT2D eigenvalue weighted by Crippen LogP contribution is 2.29. The molecule has 1 rings (SSSR count). The normalized spacial score (nSPS) is 12.3. The molecule has 0 atom stereocenters. The Balaban J connectivity index is 3.41. The van der Waals surface area contributed by atoms with Crippen molar-refractivity contribution in [3.63, 3.8) is 0 Å². The molecule has 118 valence electrons. The minimum atomic E-state index is -4.09. The third-order valence-electron chi connectivity index (χ3n) is 3.59. The van der Waals surface area contributed by atoms with E-state index in [1.54, 1.807) is 7.05 Å². The summed E-state index contributed by atoms with van der Waals surface area (Å²) in [6.07, 6.45) is 0.661. The van der Waals surface area contributed by atoms with E-state index in [0.717, 1.165) is 12.1 Å². The molecule has 0 fully saturated rings. The second kappa shape index (κ2) is 6.22. The van der Waals surface area contributed by atoms with Gasteiger partial charge in [-0.2, -0.15) is 0 Å². The maximum absolute atomic E-state index is 14.0. The molecule has 8 heteroatoms. The van der Waals surface area contributed by atoms with Crippen LogP contribution in [-0.4, -0.2) is 31.8 Å². The first kappa shape index (κ1) is 18.4.